The molecular weight excluding hydrogens is 272 g/mol. The first-order valence-corrected chi connectivity index (χ1v) is 6.61. The van der Waals surface area contributed by atoms with Gasteiger partial charge < -0.3 is 5.32 Å². The molecule has 0 amide bonds. The second-order valence-electron chi connectivity index (χ2n) is 4.24. The van der Waals surface area contributed by atoms with Gasteiger partial charge in [0.1, 0.15) is 11.5 Å². The molecule has 100 valence electrons. The van der Waals surface area contributed by atoms with Crippen molar-refractivity contribution >= 4 is 17.4 Å². The number of para-hydroxylation sites is 1. The molecule has 0 aliphatic heterocycles. The second kappa shape index (κ2) is 5.35. The maximum atomic E-state index is 6.24. The van der Waals surface area contributed by atoms with Crippen LogP contribution in [0.15, 0.2) is 54.7 Å². The molecule has 0 aliphatic carbocycles. The molecule has 3 aromatic rings. The summed E-state index contributed by atoms with van der Waals surface area (Å²) < 4.78 is 1.78. The Labute approximate surface area is 122 Å². The lowest BCUT2D eigenvalue weighted by Crippen LogP contribution is -2.02. The standard InChI is InChI=1S/C15H13ClN4/c1-17-15-10-13(12-7-4-5-9-18-12)19-20(15)14-8-3-2-6-11(14)16/h2-10,17H,1H3. The molecule has 0 saturated carbocycles. The molecule has 0 aliphatic rings. The zero-order valence-electron chi connectivity index (χ0n) is 10.9. The van der Waals surface area contributed by atoms with Crippen LogP contribution in [0.4, 0.5) is 5.82 Å². The Bertz CT molecular complexity index is 722. The summed E-state index contributed by atoms with van der Waals surface area (Å²) in [5.74, 6) is 0.860. The molecule has 2 heterocycles. The minimum absolute atomic E-state index is 0.652. The van der Waals surface area contributed by atoms with Gasteiger partial charge in [-0.2, -0.15) is 5.10 Å². The van der Waals surface area contributed by atoms with E-state index in [-0.39, 0.29) is 0 Å². The van der Waals surface area contributed by atoms with E-state index in [1.54, 1.807) is 10.9 Å². The third-order valence-corrected chi connectivity index (χ3v) is 3.29. The minimum atomic E-state index is 0.652. The highest BCUT2D eigenvalue weighted by molar-refractivity contribution is 6.32. The third-order valence-electron chi connectivity index (χ3n) is 2.97. The fourth-order valence-corrected chi connectivity index (χ4v) is 2.22. The number of halogens is 1. The molecule has 0 radical (unpaired) electrons. The molecular formula is C15H13ClN4. The van der Waals surface area contributed by atoms with E-state index in [4.69, 9.17) is 11.6 Å². The lowest BCUT2D eigenvalue weighted by Gasteiger charge is -2.07. The highest BCUT2D eigenvalue weighted by Gasteiger charge is 2.12. The maximum Gasteiger partial charge on any atom is 0.130 e. The normalized spacial score (nSPS) is 10.5. The molecule has 1 N–H and O–H groups in total. The Morgan fingerprint density at radius 2 is 1.85 bits per heavy atom. The van der Waals surface area contributed by atoms with Crippen LogP contribution in [0.5, 0.6) is 0 Å². The number of rotatable bonds is 3. The van der Waals surface area contributed by atoms with Crippen molar-refractivity contribution in [3.8, 4) is 17.1 Å². The monoisotopic (exact) mass is 284 g/mol. The van der Waals surface area contributed by atoms with Crippen LogP contribution >= 0.6 is 11.6 Å². The second-order valence-corrected chi connectivity index (χ2v) is 4.65. The van der Waals surface area contributed by atoms with Gasteiger partial charge in [-0.25, -0.2) is 4.68 Å². The molecule has 20 heavy (non-hydrogen) atoms. The molecule has 2 aromatic heterocycles. The van der Waals surface area contributed by atoms with Gasteiger partial charge in [-0.1, -0.05) is 29.8 Å². The lowest BCUT2D eigenvalue weighted by atomic mass is 10.3. The van der Waals surface area contributed by atoms with E-state index in [9.17, 15) is 0 Å². The van der Waals surface area contributed by atoms with Crippen molar-refractivity contribution in [3.05, 3.63) is 59.8 Å². The quantitative estimate of drug-likeness (QED) is 0.799. The number of nitrogens with one attached hydrogen (secondary N) is 1. The first-order valence-electron chi connectivity index (χ1n) is 6.23. The van der Waals surface area contributed by atoms with Crippen LogP contribution in [0.2, 0.25) is 5.02 Å². The third kappa shape index (κ3) is 2.26. The molecule has 0 atom stereocenters. The van der Waals surface area contributed by atoms with Crippen molar-refractivity contribution in [1.82, 2.24) is 14.8 Å². The van der Waals surface area contributed by atoms with Gasteiger partial charge >= 0.3 is 0 Å². The highest BCUT2D eigenvalue weighted by Crippen LogP contribution is 2.26. The number of anilines is 1. The van der Waals surface area contributed by atoms with Crippen LogP contribution in [0, 0.1) is 0 Å². The maximum absolute atomic E-state index is 6.24. The molecule has 3 rings (SSSR count). The molecule has 0 unspecified atom stereocenters. The summed E-state index contributed by atoms with van der Waals surface area (Å²) in [6.07, 6.45) is 1.75. The van der Waals surface area contributed by atoms with Crippen molar-refractivity contribution in [1.29, 1.82) is 0 Å². The van der Waals surface area contributed by atoms with Gasteiger partial charge in [-0.05, 0) is 24.3 Å². The number of benzene rings is 1. The molecule has 0 saturated heterocycles. The molecule has 1 aromatic carbocycles. The predicted octanol–water partition coefficient (Wildman–Crippen LogP) is 3.63. The fourth-order valence-electron chi connectivity index (χ4n) is 2.01. The Kier molecular flexibility index (Phi) is 3.39. The summed E-state index contributed by atoms with van der Waals surface area (Å²) in [6.45, 7) is 0. The highest BCUT2D eigenvalue weighted by atomic mass is 35.5. The molecule has 5 heteroatoms. The smallest absolute Gasteiger partial charge is 0.130 e. The van der Waals surface area contributed by atoms with E-state index < -0.39 is 0 Å². The zero-order chi connectivity index (χ0) is 13.9. The first-order chi connectivity index (χ1) is 9.79. The zero-order valence-corrected chi connectivity index (χ0v) is 11.7. The lowest BCUT2D eigenvalue weighted by molar-refractivity contribution is 0.887. The minimum Gasteiger partial charge on any atom is -0.373 e. The predicted molar refractivity (Wildman–Crippen MR) is 81.4 cm³/mol. The van der Waals surface area contributed by atoms with Gasteiger partial charge in [0.15, 0.2) is 0 Å². The van der Waals surface area contributed by atoms with Crippen LogP contribution in [0.25, 0.3) is 17.1 Å². The van der Waals surface area contributed by atoms with Crippen molar-refractivity contribution in [3.63, 3.8) is 0 Å². The van der Waals surface area contributed by atoms with E-state index in [1.807, 2.05) is 55.6 Å². The van der Waals surface area contributed by atoms with Crippen molar-refractivity contribution < 1.29 is 0 Å². The van der Waals surface area contributed by atoms with Crippen LogP contribution in [-0.2, 0) is 0 Å². The molecule has 0 spiro atoms. The van der Waals surface area contributed by atoms with E-state index in [0.717, 1.165) is 22.9 Å². The van der Waals surface area contributed by atoms with E-state index in [2.05, 4.69) is 15.4 Å². The SMILES string of the molecule is CNc1cc(-c2ccccn2)nn1-c1ccccc1Cl. The van der Waals surface area contributed by atoms with Gasteiger partial charge in [-0.15, -0.1) is 0 Å². The van der Waals surface area contributed by atoms with Gasteiger partial charge in [0.05, 0.1) is 16.4 Å². The van der Waals surface area contributed by atoms with Crippen LogP contribution in [0.3, 0.4) is 0 Å². The van der Waals surface area contributed by atoms with E-state index in [0.29, 0.717) is 5.02 Å². The van der Waals surface area contributed by atoms with Gasteiger partial charge in [0.2, 0.25) is 0 Å². The van der Waals surface area contributed by atoms with Crippen LogP contribution in [-0.4, -0.2) is 21.8 Å². The van der Waals surface area contributed by atoms with E-state index >= 15 is 0 Å². The average molecular weight is 285 g/mol. The topological polar surface area (TPSA) is 42.7 Å². The first kappa shape index (κ1) is 12.7. The summed E-state index contributed by atoms with van der Waals surface area (Å²) in [6, 6.07) is 15.3. The number of aromatic nitrogens is 3. The van der Waals surface area contributed by atoms with E-state index in [1.165, 1.54) is 0 Å². The van der Waals surface area contributed by atoms with Crippen LogP contribution in [0.1, 0.15) is 0 Å². The van der Waals surface area contributed by atoms with Gasteiger partial charge in [0, 0.05) is 19.3 Å². The summed E-state index contributed by atoms with van der Waals surface area (Å²) >= 11 is 6.24. The summed E-state index contributed by atoms with van der Waals surface area (Å²) in [7, 11) is 1.85. The van der Waals surface area contributed by atoms with Crippen molar-refractivity contribution in [2.24, 2.45) is 0 Å². The number of pyridine rings is 1. The molecule has 0 bridgehead atoms. The Morgan fingerprint density at radius 3 is 2.55 bits per heavy atom. The molecule has 0 fully saturated rings. The summed E-state index contributed by atoms with van der Waals surface area (Å²) in [5.41, 5.74) is 2.46. The fraction of sp³-hybridized carbons (Fsp3) is 0.0667. The average Bonchev–Trinajstić information content (AvgIpc) is 2.93. The van der Waals surface area contributed by atoms with Crippen molar-refractivity contribution in [2.75, 3.05) is 12.4 Å². The summed E-state index contributed by atoms with van der Waals surface area (Å²) in [4.78, 5) is 4.32. The Balaban J connectivity index is 2.13. The largest absolute Gasteiger partial charge is 0.373 e. The van der Waals surface area contributed by atoms with Crippen molar-refractivity contribution in [2.45, 2.75) is 0 Å². The van der Waals surface area contributed by atoms with Gasteiger partial charge in [0.25, 0.3) is 0 Å². The Hall–Kier alpha value is -2.33. The van der Waals surface area contributed by atoms with Gasteiger partial charge in [-0.3, -0.25) is 4.98 Å². The number of nitrogens with zero attached hydrogens (tertiary/aromatic N) is 3. The molecule has 4 nitrogen and oxygen atoms in total. The number of hydrogen-bond acceptors (Lipinski definition) is 3. The number of hydrogen-bond donors (Lipinski definition) is 1. The summed E-state index contributed by atoms with van der Waals surface area (Å²) in [5, 5.41) is 8.37. The van der Waals surface area contributed by atoms with Crippen LogP contribution < -0.4 is 5.32 Å². The Morgan fingerprint density at radius 1 is 1.05 bits per heavy atom.